The third kappa shape index (κ3) is 4.32. The molecule has 2 N–H and O–H groups in total. The van der Waals surface area contributed by atoms with Crippen LogP contribution >= 0.6 is 0 Å². The first-order valence-electron chi connectivity index (χ1n) is 6.26. The number of hydrogen-bond acceptors (Lipinski definition) is 2. The Bertz CT molecular complexity index is 441. The molecule has 0 fully saturated rings. The van der Waals surface area contributed by atoms with Crippen molar-refractivity contribution in [2.24, 2.45) is 5.73 Å². The predicted molar refractivity (Wildman–Crippen MR) is 74.2 cm³/mol. The summed E-state index contributed by atoms with van der Waals surface area (Å²) in [4.78, 5) is 0. The molecule has 0 saturated carbocycles. The summed E-state index contributed by atoms with van der Waals surface area (Å²) in [6.45, 7) is 1.22. The van der Waals surface area contributed by atoms with Crippen LogP contribution in [0, 0.1) is 0 Å². The van der Waals surface area contributed by atoms with Crippen molar-refractivity contribution in [1.29, 1.82) is 0 Å². The van der Waals surface area contributed by atoms with Crippen molar-refractivity contribution in [2.45, 2.75) is 19.1 Å². The van der Waals surface area contributed by atoms with Crippen LogP contribution in [-0.4, -0.2) is 12.6 Å². The van der Waals surface area contributed by atoms with E-state index < -0.39 is 0 Å². The van der Waals surface area contributed by atoms with Gasteiger partial charge in [-0.15, -0.1) is 0 Å². The number of benzene rings is 2. The van der Waals surface area contributed by atoms with Gasteiger partial charge in [0.1, 0.15) is 0 Å². The molecule has 0 heterocycles. The third-order valence-corrected chi connectivity index (χ3v) is 2.78. The highest BCUT2D eigenvalue weighted by molar-refractivity contribution is 5.16. The van der Waals surface area contributed by atoms with Crippen LogP contribution in [-0.2, 0) is 17.8 Å². The van der Waals surface area contributed by atoms with Crippen molar-refractivity contribution in [3.63, 3.8) is 0 Å². The summed E-state index contributed by atoms with van der Waals surface area (Å²) >= 11 is 0. The third-order valence-electron chi connectivity index (χ3n) is 2.78. The Balaban J connectivity index is 1.71. The Morgan fingerprint density at radius 1 is 0.833 bits per heavy atom. The molecule has 0 aliphatic rings. The largest absolute Gasteiger partial charge is 0.375 e. The normalized spacial score (nSPS) is 12.3. The smallest absolute Gasteiger partial charge is 0.0717 e. The molecular formula is C16H19NO. The molecule has 2 rings (SSSR count). The molecule has 0 aliphatic heterocycles. The monoisotopic (exact) mass is 241 g/mol. The first kappa shape index (κ1) is 12.8. The summed E-state index contributed by atoms with van der Waals surface area (Å²) in [5.74, 6) is 0. The standard InChI is InChI=1S/C16H19NO/c17-16(11-14-7-3-1-4-8-14)13-18-12-15-9-5-2-6-10-15/h1-10,16H,11-13,17H2/t16-/m1/s1. The van der Waals surface area contributed by atoms with Gasteiger partial charge in [0.05, 0.1) is 13.2 Å². The lowest BCUT2D eigenvalue weighted by atomic mass is 10.1. The lowest BCUT2D eigenvalue weighted by Crippen LogP contribution is -2.28. The van der Waals surface area contributed by atoms with Crippen LogP contribution < -0.4 is 5.73 Å². The van der Waals surface area contributed by atoms with E-state index in [1.807, 2.05) is 36.4 Å². The summed E-state index contributed by atoms with van der Waals surface area (Å²) in [6.07, 6.45) is 0.857. The fraction of sp³-hybridized carbons (Fsp3) is 0.250. The van der Waals surface area contributed by atoms with Gasteiger partial charge in [-0.05, 0) is 17.5 Å². The molecule has 0 saturated heterocycles. The van der Waals surface area contributed by atoms with Crippen molar-refractivity contribution in [3.8, 4) is 0 Å². The minimum absolute atomic E-state index is 0.0520. The summed E-state index contributed by atoms with van der Waals surface area (Å²) in [7, 11) is 0. The van der Waals surface area contributed by atoms with Crippen LogP contribution in [0.2, 0.25) is 0 Å². The van der Waals surface area contributed by atoms with Crippen LogP contribution in [0.25, 0.3) is 0 Å². The lowest BCUT2D eigenvalue weighted by molar-refractivity contribution is 0.108. The fourth-order valence-electron chi connectivity index (χ4n) is 1.88. The summed E-state index contributed by atoms with van der Waals surface area (Å²) in [5.41, 5.74) is 8.49. The van der Waals surface area contributed by atoms with Crippen molar-refractivity contribution in [3.05, 3.63) is 71.8 Å². The second-order valence-corrected chi connectivity index (χ2v) is 4.45. The Kier molecular flexibility index (Phi) is 4.94. The van der Waals surface area contributed by atoms with Gasteiger partial charge < -0.3 is 10.5 Å². The predicted octanol–water partition coefficient (Wildman–Crippen LogP) is 2.77. The van der Waals surface area contributed by atoms with Gasteiger partial charge in [0, 0.05) is 6.04 Å². The van der Waals surface area contributed by atoms with E-state index in [-0.39, 0.29) is 6.04 Å². The molecule has 2 heteroatoms. The number of nitrogens with two attached hydrogens (primary N) is 1. The Morgan fingerprint density at radius 2 is 1.39 bits per heavy atom. The van der Waals surface area contributed by atoms with Gasteiger partial charge in [-0.3, -0.25) is 0 Å². The molecule has 0 bridgehead atoms. The van der Waals surface area contributed by atoms with E-state index in [4.69, 9.17) is 10.5 Å². The highest BCUT2D eigenvalue weighted by Crippen LogP contribution is 2.04. The first-order chi connectivity index (χ1) is 8.84. The number of hydrogen-bond donors (Lipinski definition) is 1. The van der Waals surface area contributed by atoms with E-state index in [1.165, 1.54) is 11.1 Å². The molecule has 2 nitrogen and oxygen atoms in total. The van der Waals surface area contributed by atoms with Crippen molar-refractivity contribution >= 4 is 0 Å². The topological polar surface area (TPSA) is 35.2 Å². The molecule has 2 aromatic carbocycles. The zero-order valence-electron chi connectivity index (χ0n) is 10.5. The fourth-order valence-corrected chi connectivity index (χ4v) is 1.88. The maximum absolute atomic E-state index is 6.04. The number of rotatable bonds is 6. The Hall–Kier alpha value is -1.64. The second kappa shape index (κ2) is 6.94. The summed E-state index contributed by atoms with van der Waals surface area (Å²) in [5, 5.41) is 0. The van der Waals surface area contributed by atoms with Gasteiger partial charge in [-0.1, -0.05) is 60.7 Å². The Morgan fingerprint density at radius 3 is 2.00 bits per heavy atom. The second-order valence-electron chi connectivity index (χ2n) is 4.45. The van der Waals surface area contributed by atoms with Crippen molar-refractivity contribution in [1.82, 2.24) is 0 Å². The first-order valence-corrected chi connectivity index (χ1v) is 6.26. The van der Waals surface area contributed by atoms with E-state index in [2.05, 4.69) is 24.3 Å². The van der Waals surface area contributed by atoms with Gasteiger partial charge in [0.2, 0.25) is 0 Å². The van der Waals surface area contributed by atoms with Gasteiger partial charge in [0.15, 0.2) is 0 Å². The highest BCUT2D eigenvalue weighted by atomic mass is 16.5. The molecule has 0 aromatic heterocycles. The van der Waals surface area contributed by atoms with Crippen LogP contribution in [0.15, 0.2) is 60.7 Å². The van der Waals surface area contributed by atoms with Crippen LogP contribution in [0.4, 0.5) is 0 Å². The zero-order chi connectivity index (χ0) is 12.6. The summed E-state index contributed by atoms with van der Waals surface area (Å²) < 4.78 is 5.63. The zero-order valence-corrected chi connectivity index (χ0v) is 10.5. The molecule has 94 valence electrons. The van der Waals surface area contributed by atoms with E-state index in [9.17, 15) is 0 Å². The van der Waals surface area contributed by atoms with E-state index in [0.29, 0.717) is 13.2 Å². The van der Waals surface area contributed by atoms with E-state index in [1.54, 1.807) is 0 Å². The van der Waals surface area contributed by atoms with Crippen molar-refractivity contribution < 1.29 is 4.74 Å². The van der Waals surface area contributed by atoms with Gasteiger partial charge in [-0.2, -0.15) is 0 Å². The average Bonchev–Trinajstić information content (AvgIpc) is 2.41. The molecule has 0 unspecified atom stereocenters. The maximum atomic E-state index is 6.04. The maximum Gasteiger partial charge on any atom is 0.0717 e. The van der Waals surface area contributed by atoms with E-state index >= 15 is 0 Å². The van der Waals surface area contributed by atoms with Crippen LogP contribution in [0.1, 0.15) is 11.1 Å². The Labute approximate surface area is 108 Å². The van der Waals surface area contributed by atoms with Gasteiger partial charge >= 0.3 is 0 Å². The average molecular weight is 241 g/mol. The van der Waals surface area contributed by atoms with Crippen LogP contribution in [0.5, 0.6) is 0 Å². The molecule has 18 heavy (non-hydrogen) atoms. The van der Waals surface area contributed by atoms with Crippen molar-refractivity contribution in [2.75, 3.05) is 6.61 Å². The highest BCUT2D eigenvalue weighted by Gasteiger charge is 2.04. The molecule has 2 aromatic rings. The minimum Gasteiger partial charge on any atom is -0.375 e. The number of ether oxygens (including phenoxy) is 1. The van der Waals surface area contributed by atoms with Gasteiger partial charge in [-0.25, -0.2) is 0 Å². The molecule has 0 aliphatic carbocycles. The molecule has 0 amide bonds. The lowest BCUT2D eigenvalue weighted by Gasteiger charge is -2.12. The minimum atomic E-state index is 0.0520. The van der Waals surface area contributed by atoms with Gasteiger partial charge in [0.25, 0.3) is 0 Å². The van der Waals surface area contributed by atoms with E-state index in [0.717, 1.165) is 6.42 Å². The summed E-state index contributed by atoms with van der Waals surface area (Å²) in [6, 6.07) is 20.5. The molecule has 1 atom stereocenters. The van der Waals surface area contributed by atoms with Crippen LogP contribution in [0.3, 0.4) is 0 Å². The quantitative estimate of drug-likeness (QED) is 0.844. The SMILES string of the molecule is N[C@@H](COCc1ccccc1)Cc1ccccc1. The molecule has 0 spiro atoms. The molecule has 0 radical (unpaired) electrons. The molecular weight excluding hydrogens is 222 g/mol.